The van der Waals surface area contributed by atoms with Crippen molar-refractivity contribution >= 4 is 23.6 Å². The highest BCUT2D eigenvalue weighted by atomic mass is 35.5. The quantitative estimate of drug-likeness (QED) is 0.456. The molecule has 0 bridgehead atoms. The van der Waals surface area contributed by atoms with Gasteiger partial charge < -0.3 is 18.7 Å². The van der Waals surface area contributed by atoms with Gasteiger partial charge >= 0.3 is 5.97 Å². The second-order valence-corrected chi connectivity index (χ2v) is 6.65. The summed E-state index contributed by atoms with van der Waals surface area (Å²) in [6.45, 7) is 1.11. The Labute approximate surface area is 171 Å². The molecule has 0 N–H and O–H groups in total. The van der Waals surface area contributed by atoms with Gasteiger partial charge in [-0.3, -0.25) is 0 Å². The molecular weight excluding hydrogens is 396 g/mol. The van der Waals surface area contributed by atoms with E-state index in [4.69, 9.17) is 30.3 Å². The van der Waals surface area contributed by atoms with Crippen molar-refractivity contribution < 1.29 is 23.5 Å². The van der Waals surface area contributed by atoms with E-state index in [-0.39, 0.29) is 12.5 Å². The van der Waals surface area contributed by atoms with Gasteiger partial charge in [0, 0.05) is 23.1 Å². The highest BCUT2D eigenvalue weighted by Crippen LogP contribution is 2.30. The van der Waals surface area contributed by atoms with E-state index in [9.17, 15) is 4.79 Å². The summed E-state index contributed by atoms with van der Waals surface area (Å²) < 4.78 is 21.5. The van der Waals surface area contributed by atoms with Gasteiger partial charge in [0.1, 0.15) is 0 Å². The van der Waals surface area contributed by atoms with Crippen LogP contribution in [-0.2, 0) is 16.1 Å². The largest absolute Gasteiger partial charge is 0.490 e. The molecule has 0 spiro atoms. The summed E-state index contributed by atoms with van der Waals surface area (Å²) in [5.41, 5.74) is 1.55. The molecule has 0 radical (unpaired) electrons. The minimum atomic E-state index is -0.525. The minimum Gasteiger partial charge on any atom is -0.490 e. The fourth-order valence-corrected chi connectivity index (χ4v) is 2.78. The number of fused-ring (bicyclic) bond motifs is 1. The minimum absolute atomic E-state index is 0.120. The Morgan fingerprint density at radius 3 is 2.72 bits per heavy atom. The smallest absolute Gasteiger partial charge is 0.331 e. The molecule has 0 saturated carbocycles. The summed E-state index contributed by atoms with van der Waals surface area (Å²) >= 11 is 5.86. The maximum Gasteiger partial charge on any atom is 0.331 e. The summed E-state index contributed by atoms with van der Waals surface area (Å²) in [6.07, 6.45) is 3.81. The number of esters is 1. The van der Waals surface area contributed by atoms with Crippen molar-refractivity contribution in [2.75, 3.05) is 13.2 Å². The molecule has 1 aromatic heterocycles. The zero-order valence-electron chi connectivity index (χ0n) is 15.3. The monoisotopic (exact) mass is 412 g/mol. The second-order valence-electron chi connectivity index (χ2n) is 6.22. The van der Waals surface area contributed by atoms with Gasteiger partial charge in [-0.2, -0.15) is 4.98 Å². The Morgan fingerprint density at radius 2 is 1.90 bits per heavy atom. The van der Waals surface area contributed by atoms with Crippen molar-refractivity contribution in [1.29, 1.82) is 0 Å². The van der Waals surface area contributed by atoms with Crippen molar-refractivity contribution in [2.45, 2.75) is 13.0 Å². The molecule has 4 rings (SSSR count). The lowest BCUT2D eigenvalue weighted by atomic mass is 10.2. The average molecular weight is 413 g/mol. The lowest BCUT2D eigenvalue weighted by molar-refractivity contribution is -0.139. The fourth-order valence-electron chi connectivity index (χ4n) is 2.66. The van der Waals surface area contributed by atoms with Crippen LogP contribution in [-0.4, -0.2) is 29.3 Å². The van der Waals surface area contributed by atoms with Crippen LogP contribution in [0.1, 0.15) is 17.9 Å². The molecule has 0 fully saturated rings. The predicted octanol–water partition coefficient (Wildman–Crippen LogP) is 4.31. The molecule has 1 aliphatic heterocycles. The standard InChI is InChI=1S/C21H17ClN2O5/c22-16-6-4-15(5-7-16)21-23-19(29-24-21)13-28-20(25)9-3-14-2-8-17-18(12-14)27-11-1-10-26-17/h2-9,12H,1,10-11,13H2/b9-3+. The normalized spacial score (nSPS) is 13.3. The van der Waals surface area contributed by atoms with Crippen molar-refractivity contribution in [2.24, 2.45) is 0 Å². The van der Waals surface area contributed by atoms with Crippen LogP contribution in [0.2, 0.25) is 5.02 Å². The van der Waals surface area contributed by atoms with E-state index < -0.39 is 5.97 Å². The Balaban J connectivity index is 1.33. The first-order valence-corrected chi connectivity index (χ1v) is 9.38. The number of carbonyl (C=O) groups excluding carboxylic acids is 1. The molecule has 7 nitrogen and oxygen atoms in total. The number of hydrogen-bond acceptors (Lipinski definition) is 7. The Bertz CT molecular complexity index is 1030. The summed E-state index contributed by atoms with van der Waals surface area (Å²) in [6, 6.07) is 12.5. The van der Waals surface area contributed by atoms with Crippen molar-refractivity contribution in [3.63, 3.8) is 0 Å². The first kappa shape index (κ1) is 19.0. The number of halogens is 1. The molecule has 0 aliphatic carbocycles. The van der Waals surface area contributed by atoms with Gasteiger partial charge in [0.05, 0.1) is 13.2 Å². The van der Waals surface area contributed by atoms with Crippen LogP contribution in [0.5, 0.6) is 11.5 Å². The summed E-state index contributed by atoms with van der Waals surface area (Å²) in [7, 11) is 0. The SMILES string of the molecule is O=C(/C=C/c1ccc2c(c1)OCCCO2)OCc1nc(-c2ccc(Cl)cc2)no1. The van der Waals surface area contributed by atoms with Gasteiger partial charge in [-0.1, -0.05) is 22.8 Å². The first-order chi connectivity index (χ1) is 14.2. The van der Waals surface area contributed by atoms with Crippen LogP contribution < -0.4 is 9.47 Å². The van der Waals surface area contributed by atoms with Crippen molar-refractivity contribution in [3.05, 3.63) is 65.0 Å². The first-order valence-electron chi connectivity index (χ1n) is 9.00. The van der Waals surface area contributed by atoms with E-state index in [0.717, 1.165) is 17.5 Å². The number of hydrogen-bond donors (Lipinski definition) is 0. The molecule has 2 heterocycles. The van der Waals surface area contributed by atoms with Crippen LogP contribution in [0.3, 0.4) is 0 Å². The zero-order chi connectivity index (χ0) is 20.1. The third kappa shape index (κ3) is 4.94. The molecule has 1 aliphatic rings. The van der Waals surface area contributed by atoms with E-state index in [1.807, 2.05) is 18.2 Å². The Hall–Kier alpha value is -3.32. The van der Waals surface area contributed by atoms with E-state index in [1.165, 1.54) is 6.08 Å². The maximum absolute atomic E-state index is 12.0. The maximum atomic E-state index is 12.0. The topological polar surface area (TPSA) is 83.7 Å². The zero-order valence-corrected chi connectivity index (χ0v) is 16.1. The van der Waals surface area contributed by atoms with Crippen LogP contribution in [0, 0.1) is 0 Å². The van der Waals surface area contributed by atoms with E-state index in [2.05, 4.69) is 10.1 Å². The molecule has 3 aromatic rings. The molecule has 29 heavy (non-hydrogen) atoms. The van der Waals surface area contributed by atoms with Gasteiger partial charge in [-0.05, 0) is 48.0 Å². The number of carbonyl (C=O) groups is 1. The number of ether oxygens (including phenoxy) is 3. The number of benzene rings is 2. The van der Waals surface area contributed by atoms with Crippen LogP contribution in [0.4, 0.5) is 0 Å². The lowest BCUT2D eigenvalue weighted by Gasteiger charge is -2.07. The van der Waals surface area contributed by atoms with Crippen molar-refractivity contribution in [1.82, 2.24) is 10.1 Å². The molecule has 2 aromatic carbocycles. The third-order valence-corrected chi connectivity index (χ3v) is 4.34. The third-order valence-electron chi connectivity index (χ3n) is 4.09. The van der Waals surface area contributed by atoms with Crippen molar-refractivity contribution in [3.8, 4) is 22.9 Å². The summed E-state index contributed by atoms with van der Waals surface area (Å²) in [5, 5.41) is 4.49. The van der Waals surface area contributed by atoms with E-state index in [0.29, 0.717) is 35.6 Å². The van der Waals surface area contributed by atoms with E-state index in [1.54, 1.807) is 30.3 Å². The number of nitrogens with zero attached hydrogens (tertiary/aromatic N) is 2. The lowest BCUT2D eigenvalue weighted by Crippen LogP contribution is -2.01. The average Bonchev–Trinajstić information content (AvgIpc) is 3.08. The molecular formula is C21H17ClN2O5. The molecule has 0 amide bonds. The molecule has 8 heteroatoms. The second kappa shape index (κ2) is 8.79. The molecule has 0 saturated heterocycles. The van der Waals surface area contributed by atoms with Gasteiger partial charge in [-0.15, -0.1) is 0 Å². The molecule has 148 valence electrons. The Kier molecular flexibility index (Phi) is 5.76. The molecule has 0 unspecified atom stereocenters. The van der Waals surface area contributed by atoms with Gasteiger partial charge in [-0.25, -0.2) is 4.79 Å². The fraction of sp³-hybridized carbons (Fsp3) is 0.190. The highest BCUT2D eigenvalue weighted by molar-refractivity contribution is 6.30. The van der Waals surface area contributed by atoms with Gasteiger partial charge in [0.25, 0.3) is 5.89 Å². The Morgan fingerprint density at radius 1 is 1.10 bits per heavy atom. The highest BCUT2D eigenvalue weighted by Gasteiger charge is 2.11. The summed E-state index contributed by atoms with van der Waals surface area (Å²) in [5.74, 6) is 1.44. The number of aromatic nitrogens is 2. The van der Waals surface area contributed by atoms with Gasteiger partial charge in [0.15, 0.2) is 18.1 Å². The van der Waals surface area contributed by atoms with Crippen LogP contribution in [0.15, 0.2) is 53.1 Å². The van der Waals surface area contributed by atoms with Gasteiger partial charge in [0.2, 0.25) is 5.82 Å². The number of rotatable bonds is 5. The van der Waals surface area contributed by atoms with E-state index >= 15 is 0 Å². The predicted molar refractivity (Wildman–Crippen MR) is 106 cm³/mol. The molecule has 0 atom stereocenters. The summed E-state index contributed by atoms with van der Waals surface area (Å²) in [4.78, 5) is 16.2. The van der Waals surface area contributed by atoms with Crippen LogP contribution >= 0.6 is 11.6 Å². The van der Waals surface area contributed by atoms with Crippen LogP contribution in [0.25, 0.3) is 17.5 Å².